The third kappa shape index (κ3) is 2.95. The second-order valence-corrected chi connectivity index (χ2v) is 4.17. The predicted octanol–water partition coefficient (Wildman–Crippen LogP) is 2.58. The van der Waals surface area contributed by atoms with Gasteiger partial charge in [-0.15, -0.1) is 0 Å². The van der Waals surface area contributed by atoms with Gasteiger partial charge in [-0.05, 0) is 18.2 Å². The van der Waals surface area contributed by atoms with Crippen LogP contribution in [0.15, 0.2) is 36.7 Å². The fourth-order valence-corrected chi connectivity index (χ4v) is 1.70. The normalized spacial score (nSPS) is 10.0. The van der Waals surface area contributed by atoms with E-state index in [1.165, 1.54) is 19.5 Å². The Morgan fingerprint density at radius 1 is 1.42 bits per heavy atom. The lowest BCUT2D eigenvalue weighted by atomic mass is 10.2. The molecule has 98 valence electrons. The number of benzene rings is 1. The topological polar surface area (TPSA) is 77.2 Å². The molecule has 19 heavy (non-hydrogen) atoms. The number of hydrogen-bond acceptors (Lipinski definition) is 4. The minimum Gasteiger partial charge on any atom is -0.497 e. The summed E-state index contributed by atoms with van der Waals surface area (Å²) in [6, 6.07) is 6.53. The molecule has 0 saturated carbocycles. The number of hydrogen-bond donors (Lipinski definition) is 2. The SMILES string of the molecule is COc1ccc(Cl)c(NC(=O)c2ccncc2N)c1. The van der Waals surface area contributed by atoms with Gasteiger partial charge in [-0.1, -0.05) is 11.6 Å². The number of nitrogen functional groups attached to an aromatic ring is 1. The molecule has 5 nitrogen and oxygen atoms in total. The van der Waals surface area contributed by atoms with Crippen molar-refractivity contribution in [3.63, 3.8) is 0 Å². The van der Waals surface area contributed by atoms with E-state index in [1.54, 1.807) is 24.3 Å². The van der Waals surface area contributed by atoms with Crippen LogP contribution in [0, 0.1) is 0 Å². The average Bonchev–Trinajstić information content (AvgIpc) is 2.41. The van der Waals surface area contributed by atoms with Gasteiger partial charge < -0.3 is 15.8 Å². The number of anilines is 2. The average molecular weight is 278 g/mol. The maximum Gasteiger partial charge on any atom is 0.257 e. The van der Waals surface area contributed by atoms with Crippen molar-refractivity contribution in [3.8, 4) is 5.75 Å². The van der Waals surface area contributed by atoms with Crippen molar-refractivity contribution in [1.82, 2.24) is 4.98 Å². The Morgan fingerprint density at radius 2 is 2.21 bits per heavy atom. The summed E-state index contributed by atoms with van der Waals surface area (Å²) < 4.78 is 5.08. The van der Waals surface area contributed by atoms with Gasteiger partial charge in [0.15, 0.2) is 0 Å². The summed E-state index contributed by atoms with van der Waals surface area (Å²) in [5.74, 6) is 0.248. The van der Waals surface area contributed by atoms with Crippen LogP contribution in [0.3, 0.4) is 0 Å². The molecular weight excluding hydrogens is 266 g/mol. The number of nitrogens with zero attached hydrogens (tertiary/aromatic N) is 1. The molecule has 0 aliphatic heterocycles. The van der Waals surface area contributed by atoms with Crippen molar-refractivity contribution in [2.24, 2.45) is 0 Å². The van der Waals surface area contributed by atoms with Gasteiger partial charge >= 0.3 is 0 Å². The fourth-order valence-electron chi connectivity index (χ4n) is 1.53. The molecule has 1 heterocycles. The Kier molecular flexibility index (Phi) is 3.87. The molecule has 0 atom stereocenters. The highest BCUT2D eigenvalue weighted by atomic mass is 35.5. The van der Waals surface area contributed by atoms with Crippen molar-refractivity contribution in [2.75, 3.05) is 18.2 Å². The van der Waals surface area contributed by atoms with Gasteiger partial charge in [-0.3, -0.25) is 9.78 Å². The largest absolute Gasteiger partial charge is 0.497 e. The van der Waals surface area contributed by atoms with E-state index in [0.29, 0.717) is 27.7 Å². The molecule has 0 radical (unpaired) electrons. The molecule has 6 heteroatoms. The zero-order valence-electron chi connectivity index (χ0n) is 10.2. The van der Waals surface area contributed by atoms with Crippen LogP contribution >= 0.6 is 11.6 Å². The number of pyridine rings is 1. The lowest BCUT2D eigenvalue weighted by Gasteiger charge is -2.10. The summed E-state index contributed by atoms with van der Waals surface area (Å²) in [6.45, 7) is 0. The number of aromatic nitrogens is 1. The summed E-state index contributed by atoms with van der Waals surface area (Å²) in [4.78, 5) is 15.9. The Bertz CT molecular complexity index is 617. The van der Waals surface area contributed by atoms with Gasteiger partial charge in [0.2, 0.25) is 0 Å². The number of nitrogens with two attached hydrogens (primary N) is 1. The van der Waals surface area contributed by atoms with Crippen molar-refractivity contribution >= 4 is 28.9 Å². The first-order valence-corrected chi connectivity index (χ1v) is 5.84. The van der Waals surface area contributed by atoms with Gasteiger partial charge in [0, 0.05) is 12.3 Å². The van der Waals surface area contributed by atoms with E-state index in [2.05, 4.69) is 10.3 Å². The number of rotatable bonds is 3. The zero-order chi connectivity index (χ0) is 13.8. The summed E-state index contributed by atoms with van der Waals surface area (Å²) in [7, 11) is 1.54. The van der Waals surface area contributed by atoms with Crippen LogP contribution in [0.4, 0.5) is 11.4 Å². The number of nitrogens with one attached hydrogen (secondary N) is 1. The van der Waals surface area contributed by atoms with Crippen LogP contribution in [0.5, 0.6) is 5.75 Å². The molecule has 1 aromatic heterocycles. The third-order valence-electron chi connectivity index (χ3n) is 2.52. The first-order chi connectivity index (χ1) is 9.11. The van der Waals surface area contributed by atoms with Crippen LogP contribution < -0.4 is 15.8 Å². The molecule has 1 amide bonds. The molecule has 0 aliphatic carbocycles. The quantitative estimate of drug-likeness (QED) is 0.904. The second kappa shape index (κ2) is 5.58. The van der Waals surface area contributed by atoms with E-state index in [1.807, 2.05) is 0 Å². The molecule has 1 aromatic carbocycles. The lowest BCUT2D eigenvalue weighted by Crippen LogP contribution is -2.14. The van der Waals surface area contributed by atoms with Crippen molar-refractivity contribution in [3.05, 3.63) is 47.2 Å². The van der Waals surface area contributed by atoms with Crippen LogP contribution in [-0.4, -0.2) is 18.0 Å². The number of halogens is 1. The van der Waals surface area contributed by atoms with Crippen LogP contribution in [0.1, 0.15) is 10.4 Å². The molecule has 0 spiro atoms. The highest BCUT2D eigenvalue weighted by molar-refractivity contribution is 6.34. The lowest BCUT2D eigenvalue weighted by molar-refractivity contribution is 0.102. The number of amides is 1. The van der Waals surface area contributed by atoms with E-state index in [-0.39, 0.29) is 5.91 Å². The highest BCUT2D eigenvalue weighted by Crippen LogP contribution is 2.27. The Balaban J connectivity index is 2.26. The first-order valence-electron chi connectivity index (χ1n) is 5.46. The summed E-state index contributed by atoms with van der Waals surface area (Å²) in [5.41, 5.74) is 6.79. The Labute approximate surface area is 115 Å². The molecular formula is C13H12ClN3O2. The minimum absolute atomic E-state index is 0.305. The van der Waals surface area contributed by atoms with Gasteiger partial charge in [0.25, 0.3) is 5.91 Å². The summed E-state index contributed by atoms with van der Waals surface area (Å²) >= 11 is 6.01. The van der Waals surface area contributed by atoms with E-state index in [0.717, 1.165) is 0 Å². The Hall–Kier alpha value is -2.27. The maximum atomic E-state index is 12.1. The van der Waals surface area contributed by atoms with E-state index in [4.69, 9.17) is 22.1 Å². The molecule has 2 aromatic rings. The number of carbonyl (C=O) groups is 1. The van der Waals surface area contributed by atoms with Crippen LogP contribution in [0.2, 0.25) is 5.02 Å². The third-order valence-corrected chi connectivity index (χ3v) is 2.85. The van der Waals surface area contributed by atoms with Crippen molar-refractivity contribution < 1.29 is 9.53 Å². The first kappa shape index (κ1) is 13.2. The fraction of sp³-hybridized carbons (Fsp3) is 0.0769. The summed E-state index contributed by atoms with van der Waals surface area (Å²) in [5, 5.41) is 3.10. The van der Waals surface area contributed by atoms with Crippen LogP contribution in [0.25, 0.3) is 0 Å². The van der Waals surface area contributed by atoms with E-state index in [9.17, 15) is 4.79 Å². The molecule has 0 bridgehead atoms. The number of methoxy groups -OCH3 is 1. The van der Waals surface area contributed by atoms with Crippen LogP contribution in [-0.2, 0) is 0 Å². The summed E-state index contributed by atoms with van der Waals surface area (Å²) in [6.07, 6.45) is 2.92. The zero-order valence-corrected chi connectivity index (χ0v) is 10.9. The van der Waals surface area contributed by atoms with Gasteiger partial charge in [-0.25, -0.2) is 0 Å². The highest BCUT2D eigenvalue weighted by Gasteiger charge is 2.12. The van der Waals surface area contributed by atoms with Crippen molar-refractivity contribution in [1.29, 1.82) is 0 Å². The van der Waals surface area contributed by atoms with E-state index >= 15 is 0 Å². The smallest absolute Gasteiger partial charge is 0.257 e. The van der Waals surface area contributed by atoms with Gasteiger partial charge in [0.05, 0.1) is 35.3 Å². The number of ether oxygens (including phenoxy) is 1. The van der Waals surface area contributed by atoms with E-state index < -0.39 is 0 Å². The second-order valence-electron chi connectivity index (χ2n) is 3.76. The van der Waals surface area contributed by atoms with Crippen molar-refractivity contribution in [2.45, 2.75) is 0 Å². The molecule has 0 fully saturated rings. The standard InChI is InChI=1S/C13H12ClN3O2/c1-19-8-2-3-10(14)12(6-8)17-13(18)9-4-5-16-7-11(9)15/h2-7H,15H2,1H3,(H,17,18). The van der Waals surface area contributed by atoms with Gasteiger partial charge in [-0.2, -0.15) is 0 Å². The monoisotopic (exact) mass is 277 g/mol. The molecule has 0 unspecified atom stereocenters. The Morgan fingerprint density at radius 3 is 2.89 bits per heavy atom. The maximum absolute atomic E-state index is 12.1. The van der Waals surface area contributed by atoms with Gasteiger partial charge in [0.1, 0.15) is 5.75 Å². The molecule has 0 saturated heterocycles. The molecule has 2 rings (SSSR count). The number of carbonyl (C=O) groups excluding carboxylic acids is 1. The molecule has 3 N–H and O–H groups in total. The molecule has 0 aliphatic rings. The predicted molar refractivity (Wildman–Crippen MR) is 74.6 cm³/mol. The minimum atomic E-state index is -0.352.